The molecular weight excluding hydrogens is 583 g/mol. The molecule has 0 spiro atoms. The Labute approximate surface area is 280 Å². The van der Waals surface area contributed by atoms with E-state index >= 15 is 0 Å². The van der Waals surface area contributed by atoms with Crippen molar-refractivity contribution in [3.8, 4) is 56.0 Å². The lowest BCUT2D eigenvalue weighted by Crippen LogP contribution is -2.10. The molecule has 1 heterocycles. The molecule has 0 saturated heterocycles. The second-order valence-electron chi connectivity index (χ2n) is 12.2. The quantitative estimate of drug-likeness (QED) is 0.191. The first-order valence-electron chi connectivity index (χ1n) is 16.3. The third kappa shape index (κ3) is 5.01. The summed E-state index contributed by atoms with van der Waals surface area (Å²) in [5.41, 5.74) is 12.4. The van der Waals surface area contributed by atoms with E-state index in [1.807, 2.05) is 6.07 Å². The van der Waals surface area contributed by atoms with E-state index in [1.54, 1.807) is 0 Å². The highest BCUT2D eigenvalue weighted by molar-refractivity contribution is 5.94. The predicted octanol–water partition coefficient (Wildman–Crippen LogP) is 13.1. The Kier molecular flexibility index (Phi) is 6.84. The van der Waals surface area contributed by atoms with Crippen LogP contribution in [0.3, 0.4) is 0 Å². The van der Waals surface area contributed by atoms with Gasteiger partial charge in [0.2, 0.25) is 0 Å². The summed E-state index contributed by atoms with van der Waals surface area (Å²) in [6.45, 7) is 0. The molecule has 0 fully saturated rings. The smallest absolute Gasteiger partial charge is 0.137 e. The summed E-state index contributed by atoms with van der Waals surface area (Å²) in [6.07, 6.45) is 0. The molecule has 0 saturated carbocycles. The molecule has 0 aliphatic carbocycles. The maximum absolute atomic E-state index is 6.93. The van der Waals surface area contributed by atoms with Gasteiger partial charge in [-0.2, -0.15) is 0 Å². The van der Waals surface area contributed by atoms with Crippen LogP contribution in [0.25, 0.3) is 55.3 Å². The molecule has 0 amide bonds. The fraction of sp³-hybridized carbons (Fsp3) is 0. The number of hydrogen-bond acceptors (Lipinski definition) is 2. The number of fused-ring (bicyclic) bond motifs is 6. The first-order valence-corrected chi connectivity index (χ1v) is 16.3. The maximum Gasteiger partial charge on any atom is 0.137 e. The van der Waals surface area contributed by atoms with Crippen molar-refractivity contribution < 1.29 is 4.74 Å². The average molecular weight is 614 g/mol. The van der Waals surface area contributed by atoms with Crippen LogP contribution in [0.15, 0.2) is 188 Å². The Morgan fingerprint density at radius 2 is 0.771 bits per heavy atom. The van der Waals surface area contributed by atoms with E-state index in [-0.39, 0.29) is 0 Å². The van der Waals surface area contributed by atoms with E-state index in [0.717, 1.165) is 56.4 Å². The van der Waals surface area contributed by atoms with Crippen LogP contribution in [0.2, 0.25) is 0 Å². The zero-order valence-corrected chi connectivity index (χ0v) is 26.3. The molecule has 1 aliphatic rings. The van der Waals surface area contributed by atoms with Gasteiger partial charge in [0, 0.05) is 34.3 Å². The Bertz CT molecular complexity index is 2410. The van der Waals surface area contributed by atoms with E-state index < -0.39 is 0 Å². The van der Waals surface area contributed by atoms with Gasteiger partial charge in [0.25, 0.3) is 0 Å². The fourth-order valence-corrected chi connectivity index (χ4v) is 6.86. The SMILES string of the molecule is c1ccc(-c2ccc(N(c3ccc4c(c3)Oc3cc(-c5ccccc5)ccc3-c3ccccc3-4)c3ccc4ccccc4c3)cc2)cc1. The Morgan fingerprint density at radius 1 is 0.292 bits per heavy atom. The van der Waals surface area contributed by atoms with Crippen LogP contribution in [-0.2, 0) is 0 Å². The minimum absolute atomic E-state index is 0.829. The van der Waals surface area contributed by atoms with Crippen molar-refractivity contribution in [2.45, 2.75) is 0 Å². The zero-order chi connectivity index (χ0) is 31.9. The molecule has 48 heavy (non-hydrogen) atoms. The normalized spacial score (nSPS) is 11.5. The van der Waals surface area contributed by atoms with Gasteiger partial charge >= 0.3 is 0 Å². The molecule has 226 valence electrons. The van der Waals surface area contributed by atoms with E-state index in [4.69, 9.17) is 4.74 Å². The summed E-state index contributed by atoms with van der Waals surface area (Å²) in [5, 5.41) is 2.41. The van der Waals surface area contributed by atoms with Gasteiger partial charge in [-0.15, -0.1) is 0 Å². The van der Waals surface area contributed by atoms with Crippen LogP contribution in [0, 0.1) is 0 Å². The number of nitrogens with zero attached hydrogens (tertiary/aromatic N) is 1. The first-order chi connectivity index (χ1) is 23.8. The number of rotatable bonds is 5. The summed E-state index contributed by atoms with van der Waals surface area (Å²) in [4.78, 5) is 2.32. The van der Waals surface area contributed by atoms with E-state index in [1.165, 1.54) is 27.5 Å². The maximum atomic E-state index is 6.93. The van der Waals surface area contributed by atoms with Crippen LogP contribution < -0.4 is 9.64 Å². The summed E-state index contributed by atoms with van der Waals surface area (Å²) in [7, 11) is 0. The lowest BCUT2D eigenvalue weighted by atomic mass is 9.93. The van der Waals surface area contributed by atoms with Gasteiger partial charge in [-0.25, -0.2) is 0 Å². The van der Waals surface area contributed by atoms with Crippen LogP contribution in [-0.4, -0.2) is 0 Å². The van der Waals surface area contributed by atoms with Crippen LogP contribution in [0.4, 0.5) is 17.1 Å². The van der Waals surface area contributed by atoms with Crippen LogP contribution >= 0.6 is 0 Å². The molecule has 1 aliphatic heterocycles. The number of ether oxygens (including phenoxy) is 1. The first kappa shape index (κ1) is 27.9. The Hall–Kier alpha value is -6.38. The second-order valence-corrected chi connectivity index (χ2v) is 12.2. The van der Waals surface area contributed by atoms with Crippen LogP contribution in [0.1, 0.15) is 0 Å². The average Bonchev–Trinajstić information content (AvgIpc) is 3.30. The molecule has 8 aromatic rings. The fourth-order valence-electron chi connectivity index (χ4n) is 6.86. The second kappa shape index (κ2) is 11.8. The van der Waals surface area contributed by atoms with E-state index in [2.05, 4.69) is 187 Å². The van der Waals surface area contributed by atoms with Gasteiger partial charge < -0.3 is 9.64 Å². The zero-order valence-electron chi connectivity index (χ0n) is 26.3. The van der Waals surface area contributed by atoms with Gasteiger partial charge in [0.05, 0.1) is 0 Å². The van der Waals surface area contributed by atoms with Crippen molar-refractivity contribution in [2.24, 2.45) is 0 Å². The predicted molar refractivity (Wildman–Crippen MR) is 200 cm³/mol. The largest absolute Gasteiger partial charge is 0.456 e. The molecule has 0 atom stereocenters. The third-order valence-corrected chi connectivity index (χ3v) is 9.26. The van der Waals surface area contributed by atoms with Gasteiger partial charge in [-0.3, -0.25) is 0 Å². The monoisotopic (exact) mass is 613 g/mol. The Balaban J connectivity index is 1.20. The molecule has 0 N–H and O–H groups in total. The molecule has 9 rings (SSSR count). The van der Waals surface area contributed by atoms with Crippen molar-refractivity contribution in [1.82, 2.24) is 0 Å². The van der Waals surface area contributed by atoms with E-state index in [9.17, 15) is 0 Å². The standard InChI is InChI=1S/C46H31NO/c1-3-11-32(12-4-1)35-19-23-38(24-20-35)47(39-25-21-34-15-7-8-16-36(34)29-39)40-26-28-44-42-18-10-9-17-41(42)43-27-22-37(33-13-5-2-6-14-33)30-45(43)48-46(44)31-40/h1-31H. The van der Waals surface area contributed by atoms with Crippen molar-refractivity contribution in [3.63, 3.8) is 0 Å². The number of benzene rings is 8. The van der Waals surface area contributed by atoms with Crippen molar-refractivity contribution in [3.05, 3.63) is 188 Å². The molecule has 0 bridgehead atoms. The Morgan fingerprint density at radius 3 is 1.48 bits per heavy atom. The highest BCUT2D eigenvalue weighted by Gasteiger charge is 2.23. The molecule has 8 aromatic carbocycles. The van der Waals surface area contributed by atoms with E-state index in [0.29, 0.717) is 0 Å². The molecule has 0 radical (unpaired) electrons. The third-order valence-electron chi connectivity index (χ3n) is 9.26. The molecule has 0 unspecified atom stereocenters. The summed E-state index contributed by atoms with van der Waals surface area (Å²) >= 11 is 0. The van der Waals surface area contributed by atoms with Crippen molar-refractivity contribution >= 4 is 27.8 Å². The van der Waals surface area contributed by atoms with Gasteiger partial charge in [-0.1, -0.05) is 133 Å². The van der Waals surface area contributed by atoms with Crippen LogP contribution in [0.5, 0.6) is 11.5 Å². The van der Waals surface area contributed by atoms with Gasteiger partial charge in [-0.05, 0) is 92.7 Å². The molecular formula is C46H31NO. The topological polar surface area (TPSA) is 12.5 Å². The lowest BCUT2D eigenvalue weighted by molar-refractivity contribution is 0.488. The van der Waals surface area contributed by atoms with Gasteiger partial charge in [0.1, 0.15) is 11.5 Å². The summed E-state index contributed by atoms with van der Waals surface area (Å²) in [6, 6.07) is 66.8. The lowest BCUT2D eigenvalue weighted by Gasteiger charge is -2.27. The molecule has 0 aromatic heterocycles. The summed E-state index contributed by atoms with van der Waals surface area (Å²) < 4.78 is 6.93. The highest BCUT2D eigenvalue weighted by Crippen LogP contribution is 2.49. The van der Waals surface area contributed by atoms with Crippen molar-refractivity contribution in [1.29, 1.82) is 0 Å². The number of anilines is 3. The molecule has 2 nitrogen and oxygen atoms in total. The molecule has 2 heteroatoms. The van der Waals surface area contributed by atoms with Gasteiger partial charge in [0.15, 0.2) is 0 Å². The summed E-state index contributed by atoms with van der Waals surface area (Å²) in [5.74, 6) is 1.68. The minimum atomic E-state index is 0.829. The number of hydrogen-bond donors (Lipinski definition) is 0. The van der Waals surface area contributed by atoms with Crippen molar-refractivity contribution in [2.75, 3.05) is 4.90 Å². The highest BCUT2D eigenvalue weighted by atomic mass is 16.5. The minimum Gasteiger partial charge on any atom is -0.456 e.